The van der Waals surface area contributed by atoms with Crippen LogP contribution in [0.1, 0.15) is 36.5 Å². The summed E-state index contributed by atoms with van der Waals surface area (Å²) in [5.74, 6) is 1.48. The third-order valence-corrected chi connectivity index (χ3v) is 3.54. The molecule has 0 radical (unpaired) electrons. The number of hydrogen-bond acceptors (Lipinski definition) is 3. The van der Waals surface area contributed by atoms with Gasteiger partial charge in [0.15, 0.2) is 0 Å². The van der Waals surface area contributed by atoms with Gasteiger partial charge < -0.3 is 10.5 Å². The minimum atomic E-state index is 0.265. The molecule has 2 aromatic carbocycles. The second-order valence-corrected chi connectivity index (χ2v) is 5.69. The predicted octanol–water partition coefficient (Wildman–Crippen LogP) is 5.02. The molecule has 0 atom stereocenters. The molecule has 2 N–H and O–H groups in total. The number of benzene rings is 2. The maximum absolute atomic E-state index is 9.19. The van der Waals surface area contributed by atoms with Gasteiger partial charge >= 0.3 is 0 Å². The number of nitriles is 1. The maximum Gasteiger partial charge on any atom is 0.145 e. The lowest BCUT2D eigenvalue weighted by atomic mass is 9.99. The van der Waals surface area contributed by atoms with Crippen molar-refractivity contribution in [2.75, 3.05) is 5.73 Å². The zero-order valence-corrected chi connectivity index (χ0v) is 13.0. The van der Waals surface area contributed by atoms with Gasteiger partial charge in [-0.1, -0.05) is 25.4 Å². The van der Waals surface area contributed by atoms with Crippen molar-refractivity contribution in [1.82, 2.24) is 0 Å². The molecule has 0 aliphatic heterocycles. The van der Waals surface area contributed by atoms with E-state index in [0.717, 1.165) is 22.6 Å². The Kier molecular flexibility index (Phi) is 4.40. The zero-order chi connectivity index (χ0) is 15.6. The fourth-order valence-corrected chi connectivity index (χ4v) is 2.22. The normalized spacial score (nSPS) is 10.5. The quantitative estimate of drug-likeness (QED) is 0.810. The van der Waals surface area contributed by atoms with E-state index in [4.69, 9.17) is 22.1 Å². The highest BCUT2D eigenvalue weighted by Crippen LogP contribution is 2.35. The van der Waals surface area contributed by atoms with Crippen LogP contribution in [0.5, 0.6) is 11.5 Å². The Bertz CT molecular complexity index is 717. The van der Waals surface area contributed by atoms with E-state index in [-0.39, 0.29) is 5.92 Å². The van der Waals surface area contributed by atoms with Crippen molar-refractivity contribution in [3.05, 3.63) is 52.0 Å². The Hall–Kier alpha value is -2.18. The average Bonchev–Trinajstić information content (AvgIpc) is 2.44. The number of nitrogen functional groups attached to an aromatic ring is 1. The molecule has 21 heavy (non-hydrogen) atoms. The molecule has 0 aliphatic rings. The van der Waals surface area contributed by atoms with Crippen molar-refractivity contribution in [2.24, 2.45) is 0 Å². The first-order valence-corrected chi connectivity index (χ1v) is 7.07. The fourth-order valence-electron chi connectivity index (χ4n) is 2.05. The van der Waals surface area contributed by atoms with E-state index in [1.165, 1.54) is 0 Å². The van der Waals surface area contributed by atoms with Crippen molar-refractivity contribution < 1.29 is 4.74 Å². The molecule has 2 aromatic rings. The smallest absolute Gasteiger partial charge is 0.145 e. The number of halogens is 1. The van der Waals surface area contributed by atoms with E-state index in [1.54, 1.807) is 18.2 Å². The van der Waals surface area contributed by atoms with Gasteiger partial charge in [-0.25, -0.2) is 0 Å². The van der Waals surface area contributed by atoms with Gasteiger partial charge in [0.05, 0.1) is 5.56 Å². The van der Waals surface area contributed by atoms with E-state index in [0.29, 0.717) is 16.3 Å². The molecule has 108 valence electrons. The number of anilines is 1. The lowest BCUT2D eigenvalue weighted by Crippen LogP contribution is -1.99. The molecule has 0 amide bonds. The van der Waals surface area contributed by atoms with Crippen LogP contribution in [0, 0.1) is 18.3 Å². The van der Waals surface area contributed by atoms with Gasteiger partial charge in [-0.2, -0.15) is 5.26 Å². The van der Waals surface area contributed by atoms with Crippen LogP contribution in [0.4, 0.5) is 5.69 Å². The minimum absolute atomic E-state index is 0.265. The van der Waals surface area contributed by atoms with Gasteiger partial charge in [0, 0.05) is 10.7 Å². The largest absolute Gasteiger partial charge is 0.456 e. The Morgan fingerprint density at radius 2 is 1.90 bits per heavy atom. The Morgan fingerprint density at radius 1 is 1.19 bits per heavy atom. The third-order valence-electron chi connectivity index (χ3n) is 3.30. The molecule has 4 heteroatoms. The molecule has 0 aromatic heterocycles. The molecule has 0 fully saturated rings. The monoisotopic (exact) mass is 300 g/mol. The summed E-state index contributed by atoms with van der Waals surface area (Å²) in [6.07, 6.45) is 0. The first-order chi connectivity index (χ1) is 9.92. The lowest BCUT2D eigenvalue weighted by molar-refractivity contribution is 0.471. The number of nitrogens with two attached hydrogens (primary N) is 1. The summed E-state index contributed by atoms with van der Waals surface area (Å²) in [5.41, 5.74) is 9.08. The highest BCUT2D eigenvalue weighted by atomic mass is 35.5. The molecule has 0 saturated heterocycles. The number of nitrogens with zero attached hydrogens (tertiary/aromatic N) is 1. The third kappa shape index (κ3) is 3.29. The molecule has 0 unspecified atom stereocenters. The average molecular weight is 301 g/mol. The van der Waals surface area contributed by atoms with E-state index in [9.17, 15) is 5.26 Å². The van der Waals surface area contributed by atoms with Crippen LogP contribution in [0.15, 0.2) is 30.3 Å². The Balaban J connectivity index is 2.49. The molecule has 2 rings (SSSR count). The van der Waals surface area contributed by atoms with Crippen molar-refractivity contribution in [1.29, 1.82) is 5.26 Å². The lowest BCUT2D eigenvalue weighted by Gasteiger charge is -2.16. The molecular formula is C17H17ClN2O. The second-order valence-electron chi connectivity index (χ2n) is 5.26. The zero-order valence-electron chi connectivity index (χ0n) is 12.3. The highest BCUT2D eigenvalue weighted by Gasteiger charge is 2.13. The van der Waals surface area contributed by atoms with Gasteiger partial charge in [-0.3, -0.25) is 0 Å². The van der Waals surface area contributed by atoms with Crippen molar-refractivity contribution >= 4 is 17.3 Å². The maximum atomic E-state index is 9.19. The van der Waals surface area contributed by atoms with Crippen LogP contribution < -0.4 is 10.5 Å². The number of ether oxygens (including phenoxy) is 1. The van der Waals surface area contributed by atoms with Crippen LogP contribution in [0.2, 0.25) is 5.02 Å². The van der Waals surface area contributed by atoms with Gasteiger partial charge in [0.2, 0.25) is 0 Å². The highest BCUT2D eigenvalue weighted by molar-refractivity contribution is 6.30. The summed E-state index contributed by atoms with van der Waals surface area (Å²) in [5, 5.41) is 9.70. The SMILES string of the molecule is Cc1cc(Oc2ccc(Cl)cc2C#N)c(C(C)C)cc1N. The van der Waals surface area contributed by atoms with Crippen LogP contribution in [-0.4, -0.2) is 0 Å². The second kappa shape index (κ2) is 6.07. The fraction of sp³-hybridized carbons (Fsp3) is 0.235. The molecule has 3 nitrogen and oxygen atoms in total. The van der Waals surface area contributed by atoms with Crippen LogP contribution in [-0.2, 0) is 0 Å². The molecule has 0 spiro atoms. The van der Waals surface area contributed by atoms with Gasteiger partial charge in [-0.15, -0.1) is 0 Å². The van der Waals surface area contributed by atoms with Gasteiger partial charge in [0.25, 0.3) is 0 Å². The van der Waals surface area contributed by atoms with E-state index >= 15 is 0 Å². The van der Waals surface area contributed by atoms with Gasteiger partial charge in [0.1, 0.15) is 17.6 Å². The van der Waals surface area contributed by atoms with Crippen molar-refractivity contribution in [2.45, 2.75) is 26.7 Å². The summed E-state index contributed by atoms with van der Waals surface area (Å²) in [4.78, 5) is 0. The molecule has 0 saturated carbocycles. The summed E-state index contributed by atoms with van der Waals surface area (Å²) < 4.78 is 5.95. The van der Waals surface area contributed by atoms with Crippen LogP contribution in [0.3, 0.4) is 0 Å². The molecule has 0 bridgehead atoms. The van der Waals surface area contributed by atoms with E-state index in [2.05, 4.69) is 19.9 Å². The summed E-state index contributed by atoms with van der Waals surface area (Å²) in [6.45, 7) is 6.08. The first-order valence-electron chi connectivity index (χ1n) is 6.70. The number of rotatable bonds is 3. The standard InChI is InChI=1S/C17H17ClN2O/c1-10(2)14-8-15(20)11(3)6-17(14)21-16-5-4-13(18)7-12(16)9-19/h4-8,10H,20H2,1-3H3. The topological polar surface area (TPSA) is 59.0 Å². The first kappa shape index (κ1) is 15.2. The molecule has 0 aliphatic carbocycles. The van der Waals surface area contributed by atoms with Crippen molar-refractivity contribution in [3.63, 3.8) is 0 Å². The molecule has 0 heterocycles. The number of aryl methyl sites for hydroxylation is 1. The van der Waals surface area contributed by atoms with Crippen LogP contribution in [0.25, 0.3) is 0 Å². The van der Waals surface area contributed by atoms with E-state index in [1.807, 2.05) is 19.1 Å². The Labute approximate surface area is 129 Å². The van der Waals surface area contributed by atoms with E-state index < -0.39 is 0 Å². The van der Waals surface area contributed by atoms with Crippen molar-refractivity contribution in [3.8, 4) is 17.6 Å². The number of hydrogen-bond donors (Lipinski definition) is 1. The summed E-state index contributed by atoms with van der Waals surface area (Å²) in [7, 11) is 0. The van der Waals surface area contributed by atoms with Gasteiger partial charge in [-0.05, 0) is 54.3 Å². The predicted molar refractivity (Wildman–Crippen MR) is 85.9 cm³/mol. The molecular weight excluding hydrogens is 284 g/mol. The van der Waals surface area contributed by atoms with Crippen LogP contribution >= 0.6 is 11.6 Å². The Morgan fingerprint density at radius 3 is 2.52 bits per heavy atom. The summed E-state index contributed by atoms with van der Waals surface area (Å²) >= 11 is 5.90. The minimum Gasteiger partial charge on any atom is -0.456 e. The summed E-state index contributed by atoms with van der Waals surface area (Å²) in [6, 6.07) is 10.9.